The maximum absolute atomic E-state index is 5.75. The highest BCUT2D eigenvalue weighted by atomic mass is 79.9. The van der Waals surface area contributed by atoms with Crippen molar-refractivity contribution in [1.82, 2.24) is 0 Å². The van der Waals surface area contributed by atoms with Crippen LogP contribution in [0.25, 0.3) is 0 Å². The first kappa shape index (κ1) is 18.8. The molecule has 1 unspecified atom stereocenters. The molecule has 130 valence electrons. The number of hydrogen-bond acceptors (Lipinski definition) is 1. The lowest BCUT2D eigenvalue weighted by Gasteiger charge is -2.31. The van der Waals surface area contributed by atoms with Crippen LogP contribution in [0.15, 0.2) is 24.3 Å². The Morgan fingerprint density at radius 1 is 1.04 bits per heavy atom. The third-order valence-electron chi connectivity index (χ3n) is 5.22. The van der Waals surface area contributed by atoms with Gasteiger partial charge in [0.15, 0.2) is 0 Å². The summed E-state index contributed by atoms with van der Waals surface area (Å²) in [7, 11) is 0. The van der Waals surface area contributed by atoms with Gasteiger partial charge >= 0.3 is 0 Å². The molecule has 1 aromatic rings. The molecule has 1 aromatic carbocycles. The lowest BCUT2D eigenvalue weighted by atomic mass is 9.78. The number of halogens is 1. The molecule has 23 heavy (non-hydrogen) atoms. The fourth-order valence-electron chi connectivity index (χ4n) is 3.69. The van der Waals surface area contributed by atoms with Crippen LogP contribution in [0.1, 0.15) is 70.8 Å². The second-order valence-corrected chi connectivity index (χ2v) is 8.31. The van der Waals surface area contributed by atoms with Gasteiger partial charge in [0, 0.05) is 4.83 Å². The highest BCUT2D eigenvalue weighted by Gasteiger charge is 2.25. The smallest absolute Gasteiger partial charge is 0.119 e. The highest BCUT2D eigenvalue weighted by molar-refractivity contribution is 9.09. The van der Waals surface area contributed by atoms with E-state index in [9.17, 15) is 0 Å². The zero-order valence-corrected chi connectivity index (χ0v) is 16.5. The van der Waals surface area contributed by atoms with Crippen molar-refractivity contribution in [3.63, 3.8) is 0 Å². The van der Waals surface area contributed by atoms with Gasteiger partial charge in [-0.1, -0.05) is 74.0 Å². The lowest BCUT2D eigenvalue weighted by molar-refractivity contribution is 0.258. The highest BCUT2D eigenvalue weighted by Crippen LogP contribution is 2.36. The van der Waals surface area contributed by atoms with Crippen molar-refractivity contribution in [3.05, 3.63) is 29.8 Å². The van der Waals surface area contributed by atoms with Crippen molar-refractivity contribution in [1.29, 1.82) is 0 Å². The Labute approximate surface area is 151 Å². The number of unbranched alkanes of at least 4 members (excludes halogenated alkanes) is 1. The minimum absolute atomic E-state index is 0.622. The predicted molar refractivity (Wildman–Crippen MR) is 104 cm³/mol. The van der Waals surface area contributed by atoms with Crippen molar-refractivity contribution in [3.8, 4) is 5.75 Å². The molecule has 1 fully saturated rings. The van der Waals surface area contributed by atoms with E-state index in [1.807, 2.05) is 0 Å². The molecule has 1 saturated carbocycles. The number of ether oxygens (including phenoxy) is 1. The Kier molecular flexibility index (Phi) is 8.50. The lowest BCUT2D eigenvalue weighted by Crippen LogP contribution is -2.23. The van der Waals surface area contributed by atoms with E-state index >= 15 is 0 Å². The van der Waals surface area contributed by atoms with E-state index in [-0.39, 0.29) is 0 Å². The topological polar surface area (TPSA) is 9.23 Å². The molecular weight excluding hydrogens is 348 g/mol. The van der Waals surface area contributed by atoms with Gasteiger partial charge in [-0.05, 0) is 55.2 Å². The van der Waals surface area contributed by atoms with Crippen LogP contribution in [0.3, 0.4) is 0 Å². The van der Waals surface area contributed by atoms with E-state index in [1.165, 1.54) is 50.5 Å². The van der Waals surface area contributed by atoms with Gasteiger partial charge in [0.05, 0.1) is 6.61 Å². The minimum atomic E-state index is 0.622. The molecule has 0 saturated heterocycles. The van der Waals surface area contributed by atoms with Crippen molar-refractivity contribution < 1.29 is 4.74 Å². The molecule has 0 amide bonds. The second kappa shape index (κ2) is 10.4. The van der Waals surface area contributed by atoms with Crippen LogP contribution in [0.4, 0.5) is 0 Å². The Hall–Kier alpha value is -0.500. The average Bonchev–Trinajstić information content (AvgIpc) is 2.57. The van der Waals surface area contributed by atoms with Gasteiger partial charge in [-0.3, -0.25) is 0 Å². The summed E-state index contributed by atoms with van der Waals surface area (Å²) in [5.74, 6) is 2.85. The zero-order chi connectivity index (χ0) is 16.5. The molecule has 1 aliphatic carbocycles. The summed E-state index contributed by atoms with van der Waals surface area (Å²) < 4.78 is 5.75. The van der Waals surface area contributed by atoms with Gasteiger partial charge in [0.2, 0.25) is 0 Å². The quantitative estimate of drug-likeness (QED) is 0.338. The molecule has 2 heteroatoms. The van der Waals surface area contributed by atoms with E-state index in [2.05, 4.69) is 54.0 Å². The average molecular weight is 381 g/mol. The first-order valence-corrected chi connectivity index (χ1v) is 10.5. The maximum Gasteiger partial charge on any atom is 0.119 e. The third-order valence-corrected chi connectivity index (χ3v) is 6.29. The van der Waals surface area contributed by atoms with Crippen LogP contribution in [0.5, 0.6) is 5.75 Å². The summed E-state index contributed by atoms with van der Waals surface area (Å²) in [5.41, 5.74) is 1.42. The van der Waals surface area contributed by atoms with Gasteiger partial charge < -0.3 is 4.74 Å². The van der Waals surface area contributed by atoms with Crippen LogP contribution < -0.4 is 4.74 Å². The van der Waals surface area contributed by atoms with Gasteiger partial charge in [-0.2, -0.15) is 0 Å². The maximum atomic E-state index is 5.75. The van der Waals surface area contributed by atoms with Crippen molar-refractivity contribution in [2.45, 2.75) is 76.5 Å². The van der Waals surface area contributed by atoms with E-state index < -0.39 is 0 Å². The van der Waals surface area contributed by atoms with E-state index in [0.29, 0.717) is 4.83 Å². The molecule has 1 nitrogen and oxygen atoms in total. The standard InChI is InChI=1S/C21H33BrO/c1-3-5-15-23-20-13-9-18(10-14-20)16-21(22)19-11-7-17(6-4-2)8-12-19/h9-10,13-14,17,19,21H,3-8,11-12,15-16H2,1-2H3. The minimum Gasteiger partial charge on any atom is -0.494 e. The Balaban J connectivity index is 1.75. The molecule has 1 aliphatic rings. The van der Waals surface area contributed by atoms with Crippen LogP contribution in [-0.2, 0) is 6.42 Å². The molecule has 1 atom stereocenters. The number of hydrogen-bond donors (Lipinski definition) is 0. The summed E-state index contributed by atoms with van der Waals surface area (Å²) in [5, 5.41) is 0. The Bertz CT molecular complexity index is 420. The SMILES string of the molecule is CCCCOc1ccc(CC(Br)C2CCC(CCC)CC2)cc1. The van der Waals surface area contributed by atoms with Gasteiger partial charge in [-0.25, -0.2) is 0 Å². The fraction of sp³-hybridized carbons (Fsp3) is 0.714. The molecule has 0 radical (unpaired) electrons. The largest absolute Gasteiger partial charge is 0.494 e. The first-order chi connectivity index (χ1) is 11.2. The monoisotopic (exact) mass is 380 g/mol. The number of benzene rings is 1. The summed E-state index contributed by atoms with van der Waals surface area (Å²) >= 11 is 3.97. The first-order valence-electron chi connectivity index (χ1n) is 9.58. The summed E-state index contributed by atoms with van der Waals surface area (Å²) in [4.78, 5) is 0.622. The van der Waals surface area contributed by atoms with Crippen molar-refractivity contribution in [2.24, 2.45) is 11.8 Å². The third kappa shape index (κ3) is 6.49. The van der Waals surface area contributed by atoms with Gasteiger partial charge in [0.25, 0.3) is 0 Å². The van der Waals surface area contributed by atoms with E-state index in [1.54, 1.807) is 0 Å². The van der Waals surface area contributed by atoms with Gasteiger partial charge in [0.1, 0.15) is 5.75 Å². The Morgan fingerprint density at radius 2 is 1.74 bits per heavy atom. The molecule has 0 spiro atoms. The van der Waals surface area contributed by atoms with Crippen molar-refractivity contribution in [2.75, 3.05) is 6.61 Å². The number of alkyl halides is 1. The molecular formula is C21H33BrO. The van der Waals surface area contributed by atoms with Crippen LogP contribution in [-0.4, -0.2) is 11.4 Å². The molecule has 0 aliphatic heterocycles. The van der Waals surface area contributed by atoms with Gasteiger partial charge in [-0.15, -0.1) is 0 Å². The van der Waals surface area contributed by atoms with Crippen molar-refractivity contribution >= 4 is 15.9 Å². The zero-order valence-electron chi connectivity index (χ0n) is 14.9. The second-order valence-electron chi connectivity index (χ2n) is 7.14. The molecule has 0 aromatic heterocycles. The normalized spacial score (nSPS) is 22.7. The molecule has 2 rings (SSSR count). The number of rotatable bonds is 9. The Morgan fingerprint density at radius 3 is 2.35 bits per heavy atom. The van der Waals surface area contributed by atoms with E-state index in [4.69, 9.17) is 4.74 Å². The molecule has 0 heterocycles. The summed E-state index contributed by atoms with van der Waals surface area (Å²) in [6, 6.07) is 8.72. The van der Waals surface area contributed by atoms with Crippen LogP contribution >= 0.6 is 15.9 Å². The fourth-order valence-corrected chi connectivity index (χ4v) is 4.60. The predicted octanol–water partition coefficient (Wildman–Crippen LogP) is 6.78. The van der Waals surface area contributed by atoms with E-state index in [0.717, 1.165) is 37.0 Å². The molecule has 0 N–H and O–H groups in total. The summed E-state index contributed by atoms with van der Waals surface area (Å²) in [6.45, 7) is 5.34. The van der Waals surface area contributed by atoms with Crippen LogP contribution in [0.2, 0.25) is 0 Å². The summed E-state index contributed by atoms with van der Waals surface area (Å²) in [6.07, 6.45) is 11.9. The van der Waals surface area contributed by atoms with Crippen LogP contribution in [0, 0.1) is 11.8 Å². The molecule has 0 bridgehead atoms.